The van der Waals surface area contributed by atoms with Crippen LogP contribution in [-0.4, -0.2) is 66.7 Å². The zero-order valence-electron chi connectivity index (χ0n) is 17.6. The molecule has 0 amide bonds. The van der Waals surface area contributed by atoms with Gasteiger partial charge in [0.1, 0.15) is 0 Å². The van der Waals surface area contributed by atoms with Crippen molar-refractivity contribution in [3.05, 3.63) is 21.9 Å². The fraction of sp³-hybridized carbons (Fsp3) is 0.762. The predicted molar refractivity (Wildman–Crippen MR) is 115 cm³/mol. The predicted octanol–water partition coefficient (Wildman–Crippen LogP) is 3.35. The van der Waals surface area contributed by atoms with Gasteiger partial charge in [-0.15, -0.1) is 11.3 Å². The van der Waals surface area contributed by atoms with E-state index in [4.69, 9.17) is 4.74 Å². The second-order valence-electron chi connectivity index (χ2n) is 8.78. The smallest absolute Gasteiger partial charge is 0.193 e. The summed E-state index contributed by atoms with van der Waals surface area (Å²) in [5, 5.41) is 5.84. The summed E-state index contributed by atoms with van der Waals surface area (Å²) in [6.45, 7) is 13.9. The van der Waals surface area contributed by atoms with E-state index in [9.17, 15) is 0 Å². The molecule has 1 fully saturated rings. The molecule has 1 unspecified atom stereocenters. The summed E-state index contributed by atoms with van der Waals surface area (Å²) in [7, 11) is 1.89. The third-order valence-electron chi connectivity index (χ3n) is 5.49. The summed E-state index contributed by atoms with van der Waals surface area (Å²) in [6, 6.07) is 2.78. The van der Waals surface area contributed by atoms with Crippen LogP contribution in [0.4, 0.5) is 0 Å². The van der Waals surface area contributed by atoms with Gasteiger partial charge in [-0.3, -0.25) is 9.89 Å². The first-order valence-electron chi connectivity index (χ1n) is 10.3. The molecule has 1 aromatic heterocycles. The van der Waals surface area contributed by atoms with Gasteiger partial charge in [-0.2, -0.15) is 0 Å². The first-order chi connectivity index (χ1) is 12.9. The van der Waals surface area contributed by atoms with E-state index < -0.39 is 0 Å². The van der Waals surface area contributed by atoms with Crippen LogP contribution < -0.4 is 5.32 Å². The first-order valence-corrected chi connectivity index (χ1v) is 11.2. The topological polar surface area (TPSA) is 40.1 Å². The molecule has 1 atom stereocenters. The Morgan fingerprint density at radius 2 is 2.07 bits per heavy atom. The second kappa shape index (κ2) is 8.93. The van der Waals surface area contributed by atoms with Crippen molar-refractivity contribution in [2.24, 2.45) is 4.99 Å². The van der Waals surface area contributed by atoms with E-state index >= 15 is 0 Å². The summed E-state index contributed by atoms with van der Waals surface area (Å²) < 4.78 is 6.15. The van der Waals surface area contributed by atoms with Crippen molar-refractivity contribution in [1.29, 1.82) is 0 Å². The van der Waals surface area contributed by atoms with E-state index in [0.29, 0.717) is 12.1 Å². The van der Waals surface area contributed by atoms with Crippen molar-refractivity contribution in [3.8, 4) is 0 Å². The fourth-order valence-electron chi connectivity index (χ4n) is 4.03. The van der Waals surface area contributed by atoms with Crippen LogP contribution in [0.5, 0.6) is 0 Å². The molecule has 152 valence electrons. The Labute approximate surface area is 168 Å². The summed E-state index contributed by atoms with van der Waals surface area (Å²) in [5.74, 6) is 1.03. The molecule has 5 nitrogen and oxygen atoms in total. The van der Waals surface area contributed by atoms with Crippen LogP contribution in [0.3, 0.4) is 0 Å². The van der Waals surface area contributed by atoms with Crippen LogP contribution in [0, 0.1) is 0 Å². The van der Waals surface area contributed by atoms with Gasteiger partial charge in [0, 0.05) is 50.7 Å². The minimum atomic E-state index is -0.0566. The molecule has 0 saturated carbocycles. The van der Waals surface area contributed by atoms with Crippen LogP contribution in [0.25, 0.3) is 0 Å². The molecule has 1 saturated heterocycles. The largest absolute Gasteiger partial charge is 0.372 e. The van der Waals surface area contributed by atoms with Gasteiger partial charge in [0.2, 0.25) is 0 Å². The van der Waals surface area contributed by atoms with E-state index in [1.807, 2.05) is 18.4 Å². The number of hydrogen-bond donors (Lipinski definition) is 1. The zero-order valence-corrected chi connectivity index (χ0v) is 18.4. The number of guanidine groups is 1. The minimum Gasteiger partial charge on any atom is -0.372 e. The van der Waals surface area contributed by atoms with Crippen molar-refractivity contribution in [2.45, 2.75) is 71.2 Å². The van der Waals surface area contributed by atoms with Crippen molar-refractivity contribution in [3.63, 3.8) is 0 Å². The van der Waals surface area contributed by atoms with Gasteiger partial charge in [-0.05, 0) is 64.0 Å². The normalized spacial score (nSPS) is 21.2. The van der Waals surface area contributed by atoms with Crippen LogP contribution in [0.1, 0.15) is 51.0 Å². The number of thiophene rings is 1. The van der Waals surface area contributed by atoms with Gasteiger partial charge in [-0.1, -0.05) is 0 Å². The van der Waals surface area contributed by atoms with E-state index in [2.05, 4.69) is 59.3 Å². The average Bonchev–Trinajstić information content (AvgIpc) is 3.09. The monoisotopic (exact) mass is 392 g/mol. The standard InChI is InChI=1S/C21H36N4OS/c1-16(25-12-8-19-17(15-25)9-13-27-19)14-23-20(22-5)24-10-6-18(7-11-24)26-21(2,3)4/h9,13,16,18H,6-8,10-12,14-15H2,1-5H3,(H,22,23). The van der Waals surface area contributed by atoms with Crippen LogP contribution in [-0.2, 0) is 17.7 Å². The number of hydrogen-bond acceptors (Lipinski definition) is 4. The summed E-state index contributed by atoms with van der Waals surface area (Å²) in [6.07, 6.45) is 3.69. The molecular formula is C21H36N4OS. The Balaban J connectivity index is 1.44. The summed E-state index contributed by atoms with van der Waals surface area (Å²) in [5.41, 5.74) is 1.46. The lowest BCUT2D eigenvalue weighted by molar-refractivity contribution is -0.0773. The lowest BCUT2D eigenvalue weighted by atomic mass is 10.1. The van der Waals surface area contributed by atoms with Crippen molar-refractivity contribution in [1.82, 2.24) is 15.1 Å². The number of nitrogens with zero attached hydrogens (tertiary/aromatic N) is 3. The quantitative estimate of drug-likeness (QED) is 0.630. The van der Waals surface area contributed by atoms with Crippen LogP contribution in [0.15, 0.2) is 16.4 Å². The van der Waals surface area contributed by atoms with Gasteiger partial charge < -0.3 is 15.0 Å². The molecule has 0 spiro atoms. The number of nitrogens with one attached hydrogen (secondary N) is 1. The Morgan fingerprint density at radius 3 is 2.74 bits per heavy atom. The molecule has 0 aliphatic carbocycles. The van der Waals surface area contributed by atoms with Crippen LogP contribution in [0.2, 0.25) is 0 Å². The maximum Gasteiger partial charge on any atom is 0.193 e. The average molecular weight is 393 g/mol. The van der Waals surface area contributed by atoms with Gasteiger partial charge in [0.05, 0.1) is 11.7 Å². The van der Waals surface area contributed by atoms with Crippen molar-refractivity contribution < 1.29 is 4.74 Å². The third kappa shape index (κ3) is 5.69. The number of fused-ring (bicyclic) bond motifs is 1. The molecule has 2 aliphatic heterocycles. The van der Waals surface area contributed by atoms with Gasteiger partial charge >= 0.3 is 0 Å². The number of rotatable bonds is 4. The van der Waals surface area contributed by atoms with Gasteiger partial charge in [0.25, 0.3) is 0 Å². The highest BCUT2D eigenvalue weighted by molar-refractivity contribution is 7.10. The Hall–Kier alpha value is -1.11. The number of likely N-dealkylation sites (tertiary alicyclic amines) is 1. The number of piperidine rings is 1. The minimum absolute atomic E-state index is 0.0566. The molecule has 1 aromatic rings. The van der Waals surface area contributed by atoms with E-state index in [-0.39, 0.29) is 5.60 Å². The Morgan fingerprint density at radius 1 is 1.33 bits per heavy atom. The molecule has 1 N–H and O–H groups in total. The van der Waals surface area contributed by atoms with Gasteiger partial charge in [-0.25, -0.2) is 0 Å². The van der Waals surface area contributed by atoms with Crippen molar-refractivity contribution in [2.75, 3.05) is 33.2 Å². The molecule has 3 heterocycles. The number of aliphatic imine (C=N–C) groups is 1. The Kier molecular flexibility index (Phi) is 6.82. The molecule has 0 radical (unpaired) electrons. The highest BCUT2D eigenvalue weighted by Crippen LogP contribution is 2.25. The molecule has 3 rings (SSSR count). The molecular weight excluding hydrogens is 356 g/mol. The molecule has 6 heteroatoms. The van der Waals surface area contributed by atoms with Gasteiger partial charge in [0.15, 0.2) is 5.96 Å². The molecule has 27 heavy (non-hydrogen) atoms. The first kappa shape index (κ1) is 20.6. The maximum absolute atomic E-state index is 6.15. The highest BCUT2D eigenvalue weighted by atomic mass is 32.1. The molecule has 0 bridgehead atoms. The zero-order chi connectivity index (χ0) is 19.4. The molecule has 0 aromatic carbocycles. The third-order valence-corrected chi connectivity index (χ3v) is 6.51. The SMILES string of the molecule is CN=C(NCC(C)N1CCc2sccc2C1)N1CCC(OC(C)(C)C)CC1. The summed E-state index contributed by atoms with van der Waals surface area (Å²) in [4.78, 5) is 11.1. The fourth-order valence-corrected chi connectivity index (χ4v) is 4.92. The second-order valence-corrected chi connectivity index (χ2v) is 9.78. The van der Waals surface area contributed by atoms with Crippen LogP contribution >= 0.6 is 11.3 Å². The number of ether oxygens (including phenoxy) is 1. The maximum atomic E-state index is 6.15. The Bertz CT molecular complexity index is 628. The summed E-state index contributed by atoms with van der Waals surface area (Å²) >= 11 is 1.90. The van der Waals surface area contributed by atoms with E-state index in [0.717, 1.165) is 51.5 Å². The van der Waals surface area contributed by atoms with E-state index in [1.165, 1.54) is 12.0 Å². The highest BCUT2D eigenvalue weighted by Gasteiger charge is 2.26. The van der Waals surface area contributed by atoms with Crippen molar-refractivity contribution >= 4 is 17.3 Å². The van der Waals surface area contributed by atoms with E-state index in [1.54, 1.807) is 4.88 Å². The molecule has 2 aliphatic rings. The lowest BCUT2D eigenvalue weighted by Gasteiger charge is -2.38. The lowest BCUT2D eigenvalue weighted by Crippen LogP contribution is -2.51.